The fraction of sp³-hybridized carbons (Fsp3) is 0.250. The van der Waals surface area contributed by atoms with Gasteiger partial charge in [0, 0.05) is 14.0 Å². The van der Waals surface area contributed by atoms with Gasteiger partial charge in [0.25, 0.3) is 0 Å². The molecule has 0 radical (unpaired) electrons. The molecule has 1 atom stereocenters. The second-order valence-electron chi connectivity index (χ2n) is 2.28. The second kappa shape index (κ2) is 3.97. The van der Waals surface area contributed by atoms with E-state index in [0.29, 0.717) is 8.95 Å². The molecule has 11 heavy (non-hydrogen) atoms. The predicted molar refractivity (Wildman–Crippen MR) is 58.9 cm³/mol. The first-order chi connectivity index (χ1) is 5.11. The lowest BCUT2D eigenvalue weighted by Crippen LogP contribution is -1.84. The molecular weight excluding hydrogens is 294 g/mol. The van der Waals surface area contributed by atoms with Crippen molar-refractivity contribution < 1.29 is 0 Å². The number of alkyl halides is 1. The molecule has 0 fully saturated rings. The van der Waals surface area contributed by atoms with Crippen LogP contribution in [0.5, 0.6) is 0 Å². The number of hydrogen-bond acceptors (Lipinski definition) is 0. The molecule has 1 aromatic rings. The summed E-state index contributed by atoms with van der Waals surface area (Å²) in [4.78, 5) is 0. The summed E-state index contributed by atoms with van der Waals surface area (Å²) in [6.07, 6.45) is 0. The normalized spacial score (nSPS) is 13.1. The molecule has 0 aliphatic carbocycles. The van der Waals surface area contributed by atoms with Gasteiger partial charge in [-0.3, -0.25) is 0 Å². The van der Waals surface area contributed by atoms with E-state index in [1.807, 2.05) is 12.1 Å². The van der Waals surface area contributed by atoms with Gasteiger partial charge >= 0.3 is 0 Å². The third-order valence-electron chi connectivity index (χ3n) is 1.39. The van der Waals surface area contributed by atoms with Crippen LogP contribution in [0, 0.1) is 0 Å². The van der Waals surface area contributed by atoms with Crippen molar-refractivity contribution in [3.63, 3.8) is 0 Å². The molecule has 0 aromatic heterocycles. The monoisotopic (exact) mass is 300 g/mol. The maximum Gasteiger partial charge on any atom is 0.0463 e. The Balaban J connectivity index is 3.09. The maximum absolute atomic E-state index is 5.94. The van der Waals surface area contributed by atoms with Gasteiger partial charge in [0.05, 0.1) is 0 Å². The summed E-state index contributed by atoms with van der Waals surface area (Å²) in [5.74, 6) is 0. The van der Waals surface area contributed by atoms with Crippen LogP contribution in [0.4, 0.5) is 0 Å². The van der Waals surface area contributed by atoms with Gasteiger partial charge in [0.15, 0.2) is 0 Å². The highest BCUT2D eigenvalue weighted by Crippen LogP contribution is 2.30. The Morgan fingerprint density at radius 3 is 2.45 bits per heavy atom. The van der Waals surface area contributed by atoms with E-state index in [4.69, 9.17) is 23.2 Å². The zero-order valence-corrected chi connectivity index (χ0v) is 9.61. The fourth-order valence-corrected chi connectivity index (χ4v) is 2.12. The molecule has 0 bridgehead atoms. The van der Waals surface area contributed by atoms with Gasteiger partial charge in [-0.15, -0.1) is 0 Å². The van der Waals surface area contributed by atoms with Crippen LogP contribution in [0.15, 0.2) is 18.2 Å². The van der Waals surface area contributed by atoms with Crippen molar-refractivity contribution in [2.24, 2.45) is 0 Å². The lowest BCUT2D eigenvalue weighted by Gasteiger charge is -2.05. The van der Waals surface area contributed by atoms with Crippen LogP contribution in [0.1, 0.15) is 16.4 Å². The van der Waals surface area contributed by atoms with Crippen LogP contribution in [0.3, 0.4) is 0 Å². The first-order valence-corrected chi connectivity index (χ1v) is 5.20. The summed E-state index contributed by atoms with van der Waals surface area (Å²) >= 11 is 14.0. The Morgan fingerprint density at radius 2 is 2.00 bits per heavy atom. The summed E-state index contributed by atoms with van der Waals surface area (Å²) in [5.41, 5.74) is 1.14. The number of rotatable bonds is 1. The lowest BCUT2D eigenvalue weighted by atomic mass is 10.2. The van der Waals surface area contributed by atoms with E-state index < -0.39 is 0 Å². The summed E-state index contributed by atoms with van der Waals surface area (Å²) in [6.45, 7) is 2.09. The zero-order chi connectivity index (χ0) is 8.43. The Kier molecular flexibility index (Phi) is 3.47. The third kappa shape index (κ3) is 2.49. The summed E-state index contributed by atoms with van der Waals surface area (Å²) < 4.78 is 0.428. The Hall–Kier alpha value is 0.530. The van der Waals surface area contributed by atoms with E-state index in [0.717, 1.165) is 10.6 Å². The first kappa shape index (κ1) is 9.62. The topological polar surface area (TPSA) is 0 Å². The number of hydrogen-bond donors (Lipinski definition) is 0. The molecule has 0 aliphatic rings. The van der Waals surface area contributed by atoms with Crippen molar-refractivity contribution in [3.8, 4) is 0 Å². The Morgan fingerprint density at radius 1 is 1.36 bits per heavy atom. The predicted octanol–water partition coefficient (Wildman–Crippen LogP) is 4.49. The van der Waals surface area contributed by atoms with Crippen molar-refractivity contribution in [1.29, 1.82) is 0 Å². The van der Waals surface area contributed by atoms with Gasteiger partial charge in [-0.05, 0) is 24.6 Å². The van der Waals surface area contributed by atoms with E-state index in [-0.39, 0.29) is 0 Å². The van der Waals surface area contributed by atoms with Crippen LogP contribution in [0.2, 0.25) is 10.0 Å². The van der Waals surface area contributed by atoms with Gasteiger partial charge in [0.2, 0.25) is 0 Å². The molecule has 3 heteroatoms. The third-order valence-corrected chi connectivity index (χ3v) is 2.62. The molecule has 0 aliphatic heterocycles. The molecule has 0 saturated heterocycles. The lowest BCUT2D eigenvalue weighted by molar-refractivity contribution is 1.15. The summed E-state index contributed by atoms with van der Waals surface area (Å²) in [7, 11) is 0. The molecule has 1 aromatic carbocycles. The average Bonchev–Trinajstić information content (AvgIpc) is 1.85. The van der Waals surface area contributed by atoms with Crippen LogP contribution in [0.25, 0.3) is 0 Å². The standard InChI is InChI=1S/C8H7Cl2I/c1-5(11)7-3-2-6(9)4-8(7)10/h2-5H,1H3. The number of benzene rings is 1. The minimum atomic E-state index is 0.428. The molecule has 1 unspecified atom stereocenters. The van der Waals surface area contributed by atoms with E-state index in [1.54, 1.807) is 6.07 Å². The smallest absolute Gasteiger partial charge is 0.0463 e. The molecule has 0 saturated carbocycles. The highest BCUT2D eigenvalue weighted by atomic mass is 127. The number of halogens is 3. The van der Waals surface area contributed by atoms with Crippen molar-refractivity contribution in [2.75, 3.05) is 0 Å². The van der Waals surface area contributed by atoms with Gasteiger partial charge in [-0.1, -0.05) is 51.9 Å². The van der Waals surface area contributed by atoms with Crippen LogP contribution in [-0.2, 0) is 0 Å². The maximum atomic E-state index is 5.94. The van der Waals surface area contributed by atoms with Crippen LogP contribution in [-0.4, -0.2) is 0 Å². The SMILES string of the molecule is CC(I)c1ccc(Cl)cc1Cl. The summed E-state index contributed by atoms with van der Waals surface area (Å²) in [5, 5.41) is 1.44. The van der Waals surface area contributed by atoms with Crippen LogP contribution >= 0.6 is 45.8 Å². The minimum absolute atomic E-state index is 0.428. The Labute approximate surface area is 90.0 Å². The molecule has 0 amide bonds. The van der Waals surface area contributed by atoms with Gasteiger partial charge in [-0.25, -0.2) is 0 Å². The van der Waals surface area contributed by atoms with Gasteiger partial charge in [-0.2, -0.15) is 0 Å². The highest BCUT2D eigenvalue weighted by Gasteiger charge is 2.05. The molecule has 0 N–H and O–H groups in total. The largest absolute Gasteiger partial charge is 0.0843 e. The first-order valence-electron chi connectivity index (χ1n) is 3.20. The quantitative estimate of drug-likeness (QED) is 0.529. The van der Waals surface area contributed by atoms with Crippen molar-refractivity contribution in [2.45, 2.75) is 10.8 Å². The van der Waals surface area contributed by atoms with Crippen LogP contribution < -0.4 is 0 Å². The molecule has 1 rings (SSSR count). The Bertz CT molecular complexity index is 258. The van der Waals surface area contributed by atoms with E-state index in [9.17, 15) is 0 Å². The van der Waals surface area contributed by atoms with E-state index >= 15 is 0 Å². The van der Waals surface area contributed by atoms with E-state index in [2.05, 4.69) is 29.5 Å². The van der Waals surface area contributed by atoms with Crippen molar-refractivity contribution in [3.05, 3.63) is 33.8 Å². The molecule has 0 spiro atoms. The van der Waals surface area contributed by atoms with Gasteiger partial charge < -0.3 is 0 Å². The highest BCUT2D eigenvalue weighted by molar-refractivity contribution is 14.1. The molecule has 0 heterocycles. The summed E-state index contributed by atoms with van der Waals surface area (Å²) in [6, 6.07) is 5.59. The molecule has 60 valence electrons. The fourth-order valence-electron chi connectivity index (χ4n) is 0.824. The second-order valence-corrected chi connectivity index (χ2v) is 4.99. The molecule has 0 nitrogen and oxygen atoms in total. The van der Waals surface area contributed by atoms with Crippen molar-refractivity contribution in [1.82, 2.24) is 0 Å². The minimum Gasteiger partial charge on any atom is -0.0843 e. The van der Waals surface area contributed by atoms with Crippen molar-refractivity contribution >= 4 is 45.8 Å². The van der Waals surface area contributed by atoms with E-state index in [1.165, 1.54) is 0 Å². The van der Waals surface area contributed by atoms with Gasteiger partial charge in [0.1, 0.15) is 0 Å². The molecular formula is C8H7Cl2I. The average molecular weight is 301 g/mol. The zero-order valence-electron chi connectivity index (χ0n) is 5.94.